The number of amides is 1. The van der Waals surface area contributed by atoms with E-state index in [1.165, 1.54) is 17.5 Å². The number of piperazine rings is 1. The summed E-state index contributed by atoms with van der Waals surface area (Å²) < 4.78 is 0. The molecule has 0 radical (unpaired) electrons. The minimum Gasteiger partial charge on any atom is -0.337 e. The van der Waals surface area contributed by atoms with Gasteiger partial charge in [0.2, 0.25) is 5.95 Å². The van der Waals surface area contributed by atoms with Crippen molar-refractivity contribution in [1.82, 2.24) is 14.9 Å². The molecular formula is C18H20N4O. The van der Waals surface area contributed by atoms with E-state index in [1.807, 2.05) is 17.0 Å². The van der Waals surface area contributed by atoms with Crippen LogP contribution in [0.4, 0.5) is 5.95 Å². The number of nitrogens with zero attached hydrogens (tertiary/aromatic N) is 4. The average Bonchev–Trinajstić information content (AvgIpc) is 3.10. The lowest BCUT2D eigenvalue weighted by Crippen LogP contribution is -2.49. The van der Waals surface area contributed by atoms with Gasteiger partial charge in [-0.05, 0) is 48.6 Å². The molecule has 5 heteroatoms. The molecule has 2 aromatic rings. The summed E-state index contributed by atoms with van der Waals surface area (Å²) in [5.74, 6) is 0.894. The van der Waals surface area contributed by atoms with Crippen LogP contribution in [0.3, 0.4) is 0 Å². The molecule has 1 saturated heterocycles. The van der Waals surface area contributed by atoms with Crippen molar-refractivity contribution in [1.29, 1.82) is 0 Å². The summed E-state index contributed by atoms with van der Waals surface area (Å²) in [5, 5.41) is 0. The van der Waals surface area contributed by atoms with Gasteiger partial charge in [0.25, 0.3) is 5.91 Å². The molecule has 1 amide bonds. The van der Waals surface area contributed by atoms with Crippen LogP contribution in [0.2, 0.25) is 0 Å². The lowest BCUT2D eigenvalue weighted by Gasteiger charge is -2.34. The first kappa shape index (κ1) is 14.2. The van der Waals surface area contributed by atoms with E-state index in [-0.39, 0.29) is 5.91 Å². The second-order valence-corrected chi connectivity index (χ2v) is 6.17. The van der Waals surface area contributed by atoms with Crippen LogP contribution in [-0.4, -0.2) is 47.0 Å². The Hall–Kier alpha value is -2.43. The maximum absolute atomic E-state index is 12.7. The maximum Gasteiger partial charge on any atom is 0.253 e. The quantitative estimate of drug-likeness (QED) is 0.850. The number of hydrogen-bond acceptors (Lipinski definition) is 4. The van der Waals surface area contributed by atoms with E-state index >= 15 is 0 Å². The van der Waals surface area contributed by atoms with Crippen molar-refractivity contribution in [3.8, 4) is 0 Å². The first-order valence-electron chi connectivity index (χ1n) is 8.24. The highest BCUT2D eigenvalue weighted by atomic mass is 16.2. The van der Waals surface area contributed by atoms with Gasteiger partial charge < -0.3 is 9.80 Å². The van der Waals surface area contributed by atoms with Crippen molar-refractivity contribution < 1.29 is 4.79 Å². The minimum atomic E-state index is 0.147. The number of anilines is 1. The Kier molecular flexibility index (Phi) is 3.69. The Labute approximate surface area is 136 Å². The molecule has 0 saturated carbocycles. The van der Waals surface area contributed by atoms with E-state index in [1.54, 1.807) is 12.4 Å². The fourth-order valence-electron chi connectivity index (χ4n) is 3.45. The predicted molar refractivity (Wildman–Crippen MR) is 88.6 cm³/mol. The van der Waals surface area contributed by atoms with Crippen molar-refractivity contribution in [2.45, 2.75) is 19.3 Å². The second kappa shape index (κ2) is 5.99. The summed E-state index contributed by atoms with van der Waals surface area (Å²) in [6, 6.07) is 8.03. The van der Waals surface area contributed by atoms with Gasteiger partial charge >= 0.3 is 0 Å². The fourth-order valence-corrected chi connectivity index (χ4v) is 3.45. The highest BCUT2D eigenvalue weighted by Crippen LogP contribution is 2.23. The van der Waals surface area contributed by atoms with Crippen molar-refractivity contribution in [3.05, 3.63) is 53.3 Å². The van der Waals surface area contributed by atoms with Crippen molar-refractivity contribution in [3.63, 3.8) is 0 Å². The van der Waals surface area contributed by atoms with Gasteiger partial charge in [0.1, 0.15) is 0 Å². The third-order valence-corrected chi connectivity index (χ3v) is 4.75. The van der Waals surface area contributed by atoms with Gasteiger partial charge in [0.15, 0.2) is 0 Å². The zero-order chi connectivity index (χ0) is 15.6. The van der Waals surface area contributed by atoms with Gasteiger partial charge in [-0.1, -0.05) is 6.07 Å². The zero-order valence-electron chi connectivity index (χ0n) is 13.1. The Morgan fingerprint density at radius 3 is 2.48 bits per heavy atom. The van der Waals surface area contributed by atoms with Gasteiger partial charge in [0.05, 0.1) is 0 Å². The van der Waals surface area contributed by atoms with Crippen LogP contribution >= 0.6 is 0 Å². The monoisotopic (exact) mass is 308 g/mol. The molecule has 0 N–H and O–H groups in total. The molecule has 0 unspecified atom stereocenters. The Morgan fingerprint density at radius 1 is 0.957 bits per heavy atom. The van der Waals surface area contributed by atoms with Crippen LogP contribution in [0.5, 0.6) is 0 Å². The Morgan fingerprint density at radius 2 is 1.70 bits per heavy atom. The number of benzene rings is 1. The molecule has 5 nitrogen and oxygen atoms in total. The van der Waals surface area contributed by atoms with E-state index in [0.29, 0.717) is 13.1 Å². The fraction of sp³-hybridized carbons (Fsp3) is 0.389. The van der Waals surface area contributed by atoms with Gasteiger partial charge in [0, 0.05) is 44.1 Å². The summed E-state index contributed by atoms with van der Waals surface area (Å²) in [5.41, 5.74) is 3.59. The van der Waals surface area contributed by atoms with Gasteiger partial charge in [-0.25, -0.2) is 9.97 Å². The maximum atomic E-state index is 12.7. The molecule has 4 rings (SSSR count). The number of carbonyl (C=O) groups is 1. The SMILES string of the molecule is O=C(c1ccc2c(c1)CCC2)N1CCN(c2ncccn2)CC1. The van der Waals surface area contributed by atoms with Crippen LogP contribution in [0.15, 0.2) is 36.7 Å². The third-order valence-electron chi connectivity index (χ3n) is 4.75. The molecule has 1 fully saturated rings. The molecular weight excluding hydrogens is 288 g/mol. The Balaban J connectivity index is 1.43. The van der Waals surface area contributed by atoms with Gasteiger partial charge in [-0.15, -0.1) is 0 Å². The van der Waals surface area contributed by atoms with Crippen LogP contribution in [-0.2, 0) is 12.8 Å². The van der Waals surface area contributed by atoms with Crippen LogP contribution in [0.1, 0.15) is 27.9 Å². The number of aryl methyl sites for hydroxylation is 2. The Bertz CT molecular complexity index is 708. The molecule has 2 aliphatic rings. The van der Waals surface area contributed by atoms with Crippen molar-refractivity contribution in [2.75, 3.05) is 31.1 Å². The molecule has 118 valence electrons. The summed E-state index contributed by atoms with van der Waals surface area (Å²) in [7, 11) is 0. The van der Waals surface area contributed by atoms with E-state index in [0.717, 1.165) is 37.4 Å². The highest BCUT2D eigenvalue weighted by molar-refractivity contribution is 5.94. The number of carbonyl (C=O) groups excluding carboxylic acids is 1. The average molecular weight is 308 g/mol. The van der Waals surface area contributed by atoms with E-state index in [4.69, 9.17) is 0 Å². The largest absolute Gasteiger partial charge is 0.337 e. The summed E-state index contributed by atoms with van der Waals surface area (Å²) in [6.45, 7) is 2.99. The number of aromatic nitrogens is 2. The third kappa shape index (κ3) is 2.79. The normalized spacial score (nSPS) is 17.2. The van der Waals surface area contributed by atoms with Crippen LogP contribution < -0.4 is 4.90 Å². The summed E-state index contributed by atoms with van der Waals surface area (Å²) in [6.07, 6.45) is 6.98. The standard InChI is InChI=1S/C18H20N4O/c23-17(16-6-5-14-3-1-4-15(14)13-16)21-9-11-22(12-10-21)18-19-7-2-8-20-18/h2,5-8,13H,1,3-4,9-12H2. The first-order valence-corrected chi connectivity index (χ1v) is 8.24. The molecule has 0 atom stereocenters. The molecule has 0 spiro atoms. The molecule has 2 heterocycles. The second-order valence-electron chi connectivity index (χ2n) is 6.17. The molecule has 1 aliphatic heterocycles. The molecule has 0 bridgehead atoms. The van der Waals surface area contributed by atoms with Crippen molar-refractivity contribution in [2.24, 2.45) is 0 Å². The minimum absolute atomic E-state index is 0.147. The molecule has 1 aliphatic carbocycles. The molecule has 1 aromatic heterocycles. The predicted octanol–water partition coefficient (Wildman–Crippen LogP) is 1.93. The smallest absolute Gasteiger partial charge is 0.253 e. The molecule has 1 aromatic carbocycles. The topological polar surface area (TPSA) is 49.3 Å². The number of fused-ring (bicyclic) bond motifs is 1. The van der Waals surface area contributed by atoms with E-state index < -0.39 is 0 Å². The van der Waals surface area contributed by atoms with Crippen LogP contribution in [0, 0.1) is 0 Å². The summed E-state index contributed by atoms with van der Waals surface area (Å²) in [4.78, 5) is 25.4. The zero-order valence-corrected chi connectivity index (χ0v) is 13.1. The van der Waals surface area contributed by atoms with Crippen molar-refractivity contribution >= 4 is 11.9 Å². The number of rotatable bonds is 2. The number of hydrogen-bond donors (Lipinski definition) is 0. The lowest BCUT2D eigenvalue weighted by atomic mass is 10.1. The van der Waals surface area contributed by atoms with Gasteiger partial charge in [-0.3, -0.25) is 4.79 Å². The van der Waals surface area contributed by atoms with Crippen LogP contribution in [0.25, 0.3) is 0 Å². The summed E-state index contributed by atoms with van der Waals surface area (Å²) >= 11 is 0. The molecule has 23 heavy (non-hydrogen) atoms. The lowest BCUT2D eigenvalue weighted by molar-refractivity contribution is 0.0746. The van der Waals surface area contributed by atoms with E-state index in [9.17, 15) is 4.79 Å². The van der Waals surface area contributed by atoms with E-state index in [2.05, 4.69) is 27.0 Å². The van der Waals surface area contributed by atoms with Gasteiger partial charge in [-0.2, -0.15) is 0 Å². The highest BCUT2D eigenvalue weighted by Gasteiger charge is 2.24. The first-order chi connectivity index (χ1) is 11.3.